The Morgan fingerprint density at radius 2 is 1.61 bits per heavy atom. The number of piperidine rings is 1. The maximum Gasteiger partial charge on any atom is 0.429 e. The number of amides is 2. The van der Waals surface area contributed by atoms with Crippen LogP contribution in [0.3, 0.4) is 0 Å². The second kappa shape index (κ2) is 13.6. The Kier molecular flexibility index (Phi) is 10.5. The van der Waals surface area contributed by atoms with Crippen LogP contribution in [0.5, 0.6) is 0 Å². The average molecular weight is 681 g/mol. The molecule has 0 unspecified atom stereocenters. The van der Waals surface area contributed by atoms with Gasteiger partial charge in [0.1, 0.15) is 5.82 Å². The molecule has 3 fully saturated rings. The lowest BCUT2D eigenvalue weighted by Crippen LogP contribution is -2.57. The van der Waals surface area contributed by atoms with E-state index >= 15 is 0 Å². The van der Waals surface area contributed by atoms with Crippen molar-refractivity contribution in [3.8, 4) is 0 Å². The van der Waals surface area contributed by atoms with Gasteiger partial charge in [0.25, 0.3) is 0 Å². The van der Waals surface area contributed by atoms with Crippen LogP contribution in [-0.4, -0.2) is 77.1 Å². The molecular formula is C31H36ClF7N4O3. The van der Waals surface area contributed by atoms with E-state index < -0.39 is 47.5 Å². The lowest BCUT2D eigenvalue weighted by Gasteiger charge is -2.46. The highest BCUT2D eigenvalue weighted by molar-refractivity contribution is 5.85. The van der Waals surface area contributed by atoms with E-state index in [1.165, 1.54) is 31.2 Å². The van der Waals surface area contributed by atoms with Crippen LogP contribution in [0.2, 0.25) is 0 Å². The Morgan fingerprint density at radius 3 is 2.22 bits per heavy atom. The Morgan fingerprint density at radius 1 is 0.957 bits per heavy atom. The maximum absolute atomic E-state index is 14.0. The van der Waals surface area contributed by atoms with Crippen LogP contribution < -0.4 is 0 Å². The van der Waals surface area contributed by atoms with Crippen molar-refractivity contribution in [2.75, 3.05) is 33.2 Å². The molecule has 15 heteroatoms. The highest BCUT2D eigenvalue weighted by Gasteiger charge is 2.42. The number of nitrogens with zero attached hydrogens (tertiary/aromatic N) is 4. The third-order valence-electron chi connectivity index (χ3n) is 9.32. The van der Waals surface area contributed by atoms with Gasteiger partial charge in [0.15, 0.2) is 0 Å². The predicted octanol–water partition coefficient (Wildman–Crippen LogP) is 7.15. The molecule has 3 aliphatic rings. The smallest absolute Gasteiger partial charge is 0.350 e. The molecule has 0 aliphatic carbocycles. The number of carbonyl (C=O) groups is 2. The fourth-order valence-electron chi connectivity index (χ4n) is 6.65. The van der Waals surface area contributed by atoms with Gasteiger partial charge in [0, 0.05) is 51.7 Å². The normalized spacial score (nSPS) is 23.5. The molecule has 7 nitrogen and oxygen atoms in total. The van der Waals surface area contributed by atoms with Crippen molar-refractivity contribution < 1.29 is 45.2 Å². The van der Waals surface area contributed by atoms with Gasteiger partial charge in [-0.2, -0.15) is 26.3 Å². The fourth-order valence-corrected chi connectivity index (χ4v) is 6.65. The molecule has 46 heavy (non-hydrogen) atoms. The minimum atomic E-state index is -5.03. The molecule has 0 radical (unpaired) electrons. The summed E-state index contributed by atoms with van der Waals surface area (Å²) >= 11 is 0. The minimum absolute atomic E-state index is 0. The number of hydrogen-bond donors (Lipinski definition) is 0. The molecule has 3 saturated heterocycles. The van der Waals surface area contributed by atoms with Gasteiger partial charge in [0.05, 0.1) is 23.2 Å². The zero-order valence-corrected chi connectivity index (χ0v) is 26.3. The third kappa shape index (κ3) is 7.54. The van der Waals surface area contributed by atoms with Crippen molar-refractivity contribution in [3.05, 3.63) is 70.0 Å². The standard InChI is InChI=1S/C31H35F7N4O3.ClH/c1-18-12-23(32)4-6-26(18)27-16-24(40-10-11-41-25(17-40)5-7-28(41)43)8-9-42(27)45-29(44)39(3)19(2)20-13-21(30(33,34)35)15-22(14-20)31(36,37)38;/h4,6,12-15,19,24-25,27H,5,7-11,16-17H2,1-3H3;1H/t19-,24+,25+,27-;/m1./s1. The van der Waals surface area contributed by atoms with Crippen LogP contribution in [0.25, 0.3) is 0 Å². The summed E-state index contributed by atoms with van der Waals surface area (Å²) in [5.74, 6) is -0.263. The van der Waals surface area contributed by atoms with Crippen LogP contribution in [0.15, 0.2) is 36.4 Å². The van der Waals surface area contributed by atoms with Crippen molar-refractivity contribution in [1.29, 1.82) is 0 Å². The summed E-state index contributed by atoms with van der Waals surface area (Å²) in [5.41, 5.74) is -1.94. The number of rotatable bonds is 5. The Labute approximate surface area is 268 Å². The lowest BCUT2D eigenvalue weighted by atomic mass is 9.89. The monoisotopic (exact) mass is 680 g/mol. The van der Waals surface area contributed by atoms with Gasteiger partial charge in [-0.3, -0.25) is 9.69 Å². The van der Waals surface area contributed by atoms with Crippen LogP contribution in [0.1, 0.15) is 72.5 Å². The quantitative estimate of drug-likeness (QED) is 0.314. The molecule has 5 rings (SSSR count). The van der Waals surface area contributed by atoms with Gasteiger partial charge in [-0.15, -0.1) is 17.5 Å². The van der Waals surface area contributed by atoms with Gasteiger partial charge in [-0.25, -0.2) is 9.18 Å². The largest absolute Gasteiger partial charge is 0.429 e. The summed E-state index contributed by atoms with van der Waals surface area (Å²) in [5, 5.41) is 1.46. The molecule has 2 amide bonds. The van der Waals surface area contributed by atoms with E-state index in [1.807, 2.05) is 4.90 Å². The van der Waals surface area contributed by atoms with Crippen LogP contribution in [0.4, 0.5) is 35.5 Å². The summed E-state index contributed by atoms with van der Waals surface area (Å²) < 4.78 is 94.7. The summed E-state index contributed by atoms with van der Waals surface area (Å²) in [6.45, 7) is 5.39. The molecule has 4 atom stereocenters. The Hall–Kier alpha value is -3.10. The third-order valence-corrected chi connectivity index (χ3v) is 9.32. The van der Waals surface area contributed by atoms with Crippen molar-refractivity contribution in [1.82, 2.24) is 19.8 Å². The molecule has 0 bridgehead atoms. The molecule has 0 aromatic heterocycles. The van der Waals surface area contributed by atoms with Crippen molar-refractivity contribution in [2.24, 2.45) is 0 Å². The molecule has 3 heterocycles. The first kappa shape index (κ1) is 35.7. The second-order valence-electron chi connectivity index (χ2n) is 12.1. The minimum Gasteiger partial charge on any atom is -0.350 e. The number of hydroxylamine groups is 2. The number of piperazine rings is 1. The summed E-state index contributed by atoms with van der Waals surface area (Å²) in [6, 6.07) is 4.08. The summed E-state index contributed by atoms with van der Waals surface area (Å²) in [7, 11) is 1.24. The maximum atomic E-state index is 14.0. The van der Waals surface area contributed by atoms with Crippen LogP contribution in [0, 0.1) is 12.7 Å². The zero-order valence-electron chi connectivity index (χ0n) is 25.5. The molecule has 0 N–H and O–H groups in total. The predicted molar refractivity (Wildman–Crippen MR) is 156 cm³/mol. The van der Waals surface area contributed by atoms with E-state index in [0.717, 1.165) is 23.4 Å². The van der Waals surface area contributed by atoms with E-state index in [-0.39, 0.29) is 48.6 Å². The molecular weight excluding hydrogens is 645 g/mol. The van der Waals surface area contributed by atoms with E-state index in [9.17, 15) is 40.3 Å². The van der Waals surface area contributed by atoms with Gasteiger partial charge in [0.2, 0.25) is 5.91 Å². The van der Waals surface area contributed by atoms with Crippen molar-refractivity contribution in [3.63, 3.8) is 0 Å². The first-order valence-corrected chi connectivity index (χ1v) is 14.8. The van der Waals surface area contributed by atoms with Gasteiger partial charge in [-0.05, 0) is 80.1 Å². The SMILES string of the molecule is Cc1cc(F)ccc1[C@H]1C[C@@H](N2CCN3C(=O)CC[C@H]3C2)CCN1OC(=O)N(C)[C@H](C)c1cc(C(F)(F)F)cc(C(F)(F)F)c1.Cl. The highest BCUT2D eigenvalue weighted by Crippen LogP contribution is 2.40. The molecule has 0 spiro atoms. The molecule has 254 valence electrons. The number of alkyl halides is 6. The summed E-state index contributed by atoms with van der Waals surface area (Å²) in [4.78, 5) is 36.5. The number of carbonyl (C=O) groups excluding carboxylic acids is 2. The van der Waals surface area contributed by atoms with Crippen molar-refractivity contribution >= 4 is 24.4 Å². The van der Waals surface area contributed by atoms with Gasteiger partial charge < -0.3 is 14.6 Å². The van der Waals surface area contributed by atoms with Crippen LogP contribution >= 0.6 is 12.4 Å². The van der Waals surface area contributed by atoms with Gasteiger partial charge >= 0.3 is 18.4 Å². The van der Waals surface area contributed by atoms with E-state index in [2.05, 4.69) is 4.90 Å². The number of benzene rings is 2. The molecule has 0 saturated carbocycles. The lowest BCUT2D eigenvalue weighted by molar-refractivity contribution is -0.168. The van der Waals surface area contributed by atoms with Crippen LogP contribution in [-0.2, 0) is 22.0 Å². The van der Waals surface area contributed by atoms with Gasteiger partial charge in [-0.1, -0.05) is 6.07 Å². The van der Waals surface area contributed by atoms with E-state index in [4.69, 9.17) is 4.84 Å². The molecule has 2 aromatic rings. The van der Waals surface area contributed by atoms with Crippen molar-refractivity contribution in [2.45, 2.75) is 76.1 Å². The van der Waals surface area contributed by atoms with E-state index in [0.29, 0.717) is 50.0 Å². The van der Waals surface area contributed by atoms with E-state index in [1.54, 1.807) is 13.0 Å². The number of fused-ring (bicyclic) bond motifs is 1. The Bertz CT molecular complexity index is 1410. The number of hydrogen-bond acceptors (Lipinski definition) is 5. The topological polar surface area (TPSA) is 56.3 Å². The molecule has 2 aromatic carbocycles. The second-order valence-corrected chi connectivity index (χ2v) is 12.1. The average Bonchev–Trinajstić information content (AvgIpc) is 3.35. The first-order valence-electron chi connectivity index (χ1n) is 14.8. The fraction of sp³-hybridized carbons (Fsp3) is 0.548. The first-order chi connectivity index (χ1) is 21.0. The highest BCUT2D eigenvalue weighted by atomic mass is 35.5. The summed E-state index contributed by atoms with van der Waals surface area (Å²) in [6.07, 6.45) is -8.57. The number of halogens is 8. The molecule has 3 aliphatic heterocycles. The zero-order chi connectivity index (χ0) is 32.8. The number of aryl methyl sites for hydroxylation is 1. The Balaban J connectivity index is 0.00000480.